The molecule has 28 heavy (non-hydrogen) atoms. The van der Waals surface area contributed by atoms with E-state index in [0.29, 0.717) is 10.5 Å². The maximum Gasteiger partial charge on any atom is 0.284 e. The predicted octanol–water partition coefficient (Wildman–Crippen LogP) is 4.16. The molecule has 0 radical (unpaired) electrons. The molecule has 3 rings (SSSR count). The predicted molar refractivity (Wildman–Crippen MR) is 103 cm³/mol. The van der Waals surface area contributed by atoms with Crippen LogP contribution in [0, 0.1) is 32.8 Å². The Labute approximate surface area is 166 Å². The van der Waals surface area contributed by atoms with Gasteiger partial charge in [0.05, 0.1) is 26.5 Å². The van der Waals surface area contributed by atoms with Crippen LogP contribution in [0.15, 0.2) is 46.2 Å². The smallest absolute Gasteiger partial charge is 0.284 e. The zero-order chi connectivity index (χ0) is 20.1. The number of hydrogen-bond donors (Lipinski definition) is 1. The Hall–Kier alpha value is -3.36. The summed E-state index contributed by atoms with van der Waals surface area (Å²) in [5.74, 6) is -0.216. The number of benzene rings is 2. The van der Waals surface area contributed by atoms with Crippen molar-refractivity contribution in [3.05, 3.63) is 63.2 Å². The first kappa shape index (κ1) is 19.4. The van der Waals surface area contributed by atoms with Gasteiger partial charge in [-0.1, -0.05) is 36.7 Å². The highest BCUT2D eigenvalue weighted by Crippen LogP contribution is 2.38. The molecular weight excluding hydrogens is 376 g/mol. The lowest BCUT2D eigenvalue weighted by molar-refractivity contribution is -0.387. The first-order chi connectivity index (χ1) is 13.5. The number of amides is 1. The van der Waals surface area contributed by atoms with Crippen LogP contribution in [0.3, 0.4) is 0 Å². The van der Waals surface area contributed by atoms with Crippen LogP contribution >= 0.6 is 11.8 Å². The van der Waals surface area contributed by atoms with Crippen molar-refractivity contribution < 1.29 is 9.72 Å². The van der Waals surface area contributed by atoms with Crippen molar-refractivity contribution in [3.8, 4) is 12.1 Å². The van der Waals surface area contributed by atoms with Crippen molar-refractivity contribution in [3.63, 3.8) is 0 Å². The van der Waals surface area contributed by atoms with Crippen LogP contribution in [0.5, 0.6) is 0 Å². The molecule has 0 unspecified atom stereocenters. The highest BCUT2D eigenvalue weighted by Gasteiger charge is 2.23. The van der Waals surface area contributed by atoms with E-state index in [0.717, 1.165) is 43.5 Å². The fourth-order valence-electron chi connectivity index (χ4n) is 3.17. The van der Waals surface area contributed by atoms with Gasteiger partial charge in [-0.3, -0.25) is 14.9 Å². The molecule has 0 aromatic heterocycles. The minimum absolute atomic E-state index is 0.0502. The number of nitriles is 2. The van der Waals surface area contributed by atoms with E-state index in [2.05, 4.69) is 5.32 Å². The molecule has 1 saturated carbocycles. The average Bonchev–Trinajstić information content (AvgIpc) is 3.20. The first-order valence-electron chi connectivity index (χ1n) is 8.74. The monoisotopic (exact) mass is 392 g/mol. The molecule has 0 saturated heterocycles. The van der Waals surface area contributed by atoms with Gasteiger partial charge >= 0.3 is 0 Å². The van der Waals surface area contributed by atoms with E-state index in [1.165, 1.54) is 6.07 Å². The minimum atomic E-state index is -0.592. The highest BCUT2D eigenvalue weighted by atomic mass is 32.2. The molecule has 0 spiro atoms. The minimum Gasteiger partial charge on any atom is -0.349 e. The number of nitrogens with zero attached hydrogens (tertiary/aromatic N) is 3. The molecular formula is C20H16N4O3S. The molecule has 2 aromatic rings. The van der Waals surface area contributed by atoms with Crippen LogP contribution in [0.4, 0.5) is 5.69 Å². The van der Waals surface area contributed by atoms with E-state index in [1.807, 2.05) is 6.07 Å². The Bertz CT molecular complexity index is 1020. The van der Waals surface area contributed by atoms with Gasteiger partial charge in [0, 0.05) is 17.0 Å². The second kappa shape index (κ2) is 8.55. The lowest BCUT2D eigenvalue weighted by Crippen LogP contribution is -2.32. The lowest BCUT2D eigenvalue weighted by atomic mass is 10.1. The Kier molecular flexibility index (Phi) is 5.93. The topological polar surface area (TPSA) is 120 Å². The van der Waals surface area contributed by atoms with E-state index in [-0.39, 0.29) is 33.7 Å². The van der Waals surface area contributed by atoms with E-state index in [1.54, 1.807) is 30.3 Å². The summed E-state index contributed by atoms with van der Waals surface area (Å²) in [5, 5.41) is 32.8. The number of rotatable bonds is 5. The van der Waals surface area contributed by atoms with Gasteiger partial charge in [-0.05, 0) is 31.0 Å². The highest BCUT2D eigenvalue weighted by molar-refractivity contribution is 7.99. The van der Waals surface area contributed by atoms with Crippen LogP contribution in [-0.2, 0) is 0 Å². The lowest BCUT2D eigenvalue weighted by Gasteiger charge is -2.14. The third-order valence-corrected chi connectivity index (χ3v) is 5.70. The summed E-state index contributed by atoms with van der Waals surface area (Å²) in [5.41, 5.74) is 0.164. The van der Waals surface area contributed by atoms with E-state index < -0.39 is 4.92 Å². The molecule has 8 heteroatoms. The summed E-state index contributed by atoms with van der Waals surface area (Å²) in [7, 11) is 0. The van der Waals surface area contributed by atoms with Crippen LogP contribution < -0.4 is 5.32 Å². The zero-order valence-electron chi connectivity index (χ0n) is 14.8. The van der Waals surface area contributed by atoms with Gasteiger partial charge in [-0.25, -0.2) is 0 Å². The van der Waals surface area contributed by atoms with Crippen LogP contribution in [-0.4, -0.2) is 16.9 Å². The summed E-state index contributed by atoms with van der Waals surface area (Å²) >= 11 is 1.04. The van der Waals surface area contributed by atoms with Crippen LogP contribution in [0.25, 0.3) is 0 Å². The molecule has 0 bridgehead atoms. The quantitative estimate of drug-likeness (QED) is 0.602. The molecule has 1 N–H and O–H groups in total. The summed E-state index contributed by atoms with van der Waals surface area (Å²) in [4.78, 5) is 24.3. The number of hydrogen-bond acceptors (Lipinski definition) is 6. The number of carbonyl (C=O) groups is 1. The maximum atomic E-state index is 12.7. The van der Waals surface area contributed by atoms with Crippen molar-refractivity contribution in [2.45, 2.75) is 41.5 Å². The number of carbonyl (C=O) groups excluding carboxylic acids is 1. The van der Waals surface area contributed by atoms with Crippen molar-refractivity contribution in [1.82, 2.24) is 5.32 Å². The van der Waals surface area contributed by atoms with Gasteiger partial charge in [0.1, 0.15) is 12.1 Å². The molecule has 7 nitrogen and oxygen atoms in total. The molecule has 1 aliphatic carbocycles. The van der Waals surface area contributed by atoms with Crippen molar-refractivity contribution in [1.29, 1.82) is 10.5 Å². The molecule has 1 amide bonds. The Morgan fingerprint density at radius 1 is 1.11 bits per heavy atom. The SMILES string of the molecule is N#Cc1cc(Sc2ccccc2C(=O)NC2CCCC2)c([N+](=O)[O-])cc1C#N. The average molecular weight is 392 g/mol. The number of nitrogens with one attached hydrogen (secondary N) is 1. The van der Waals surface area contributed by atoms with Gasteiger partial charge < -0.3 is 5.32 Å². The Morgan fingerprint density at radius 2 is 1.75 bits per heavy atom. The first-order valence-corrected chi connectivity index (χ1v) is 9.55. The fraction of sp³-hybridized carbons (Fsp3) is 0.250. The van der Waals surface area contributed by atoms with Gasteiger partial charge in [0.25, 0.3) is 11.6 Å². The normalized spacial score (nSPS) is 13.5. The second-order valence-corrected chi connectivity index (χ2v) is 7.48. The Balaban J connectivity index is 1.96. The second-order valence-electron chi connectivity index (χ2n) is 6.40. The van der Waals surface area contributed by atoms with Gasteiger partial charge in [0.2, 0.25) is 0 Å². The molecule has 0 heterocycles. The van der Waals surface area contributed by atoms with E-state index in [9.17, 15) is 20.2 Å². The fourth-order valence-corrected chi connectivity index (χ4v) is 4.24. The van der Waals surface area contributed by atoms with Gasteiger partial charge in [-0.15, -0.1) is 0 Å². The summed E-state index contributed by atoms with van der Waals surface area (Å²) in [6, 6.07) is 13.1. The van der Waals surface area contributed by atoms with E-state index in [4.69, 9.17) is 5.26 Å². The molecule has 140 valence electrons. The van der Waals surface area contributed by atoms with Crippen molar-refractivity contribution in [2.24, 2.45) is 0 Å². The van der Waals surface area contributed by atoms with Gasteiger partial charge in [-0.2, -0.15) is 10.5 Å². The molecule has 2 aromatic carbocycles. The van der Waals surface area contributed by atoms with Crippen molar-refractivity contribution >= 4 is 23.4 Å². The summed E-state index contributed by atoms with van der Waals surface area (Å²) in [6.07, 6.45) is 4.09. The van der Waals surface area contributed by atoms with E-state index >= 15 is 0 Å². The third kappa shape index (κ3) is 4.13. The zero-order valence-corrected chi connectivity index (χ0v) is 15.7. The number of nitro benzene ring substituents is 1. The number of nitro groups is 1. The van der Waals surface area contributed by atoms with Crippen LogP contribution in [0.1, 0.15) is 47.2 Å². The largest absolute Gasteiger partial charge is 0.349 e. The molecule has 0 aliphatic heterocycles. The standard InChI is InChI=1S/C20H16N4O3S/c21-11-13-9-17(24(26)27)19(10-14(13)12-22)28-18-8-4-3-7-16(18)20(25)23-15-5-1-2-6-15/h3-4,7-10,15H,1-2,5-6H2,(H,23,25). The van der Waals surface area contributed by atoms with Crippen molar-refractivity contribution in [2.75, 3.05) is 0 Å². The molecule has 0 atom stereocenters. The maximum absolute atomic E-state index is 12.7. The van der Waals surface area contributed by atoms with Crippen LogP contribution in [0.2, 0.25) is 0 Å². The Morgan fingerprint density at radius 3 is 2.39 bits per heavy atom. The third-order valence-electron chi connectivity index (χ3n) is 4.58. The van der Waals surface area contributed by atoms with Gasteiger partial charge in [0.15, 0.2) is 0 Å². The molecule has 1 fully saturated rings. The summed E-state index contributed by atoms with van der Waals surface area (Å²) < 4.78 is 0. The summed E-state index contributed by atoms with van der Waals surface area (Å²) in [6.45, 7) is 0. The molecule has 1 aliphatic rings.